The van der Waals surface area contributed by atoms with Gasteiger partial charge in [0.25, 0.3) is 0 Å². The molecule has 0 saturated heterocycles. The summed E-state index contributed by atoms with van der Waals surface area (Å²) in [6.45, 7) is 1.78. The molecule has 1 aromatic carbocycles. The van der Waals surface area contributed by atoms with E-state index < -0.39 is 28.4 Å². The zero-order chi connectivity index (χ0) is 13.2. The molecular weight excluding hydrogens is 256 g/mol. The van der Waals surface area contributed by atoms with Crippen molar-refractivity contribution in [2.75, 3.05) is 12.5 Å². The summed E-state index contributed by atoms with van der Waals surface area (Å²) in [5.74, 6) is 0. The molecule has 0 fully saturated rings. The highest BCUT2D eigenvalue weighted by Gasteiger charge is 2.27. The molecule has 0 aliphatic carbocycles. The van der Waals surface area contributed by atoms with E-state index in [1.54, 1.807) is 37.6 Å². The summed E-state index contributed by atoms with van der Waals surface area (Å²) >= 11 is -2.35. The van der Waals surface area contributed by atoms with Gasteiger partial charge in [0, 0.05) is 6.04 Å². The van der Waals surface area contributed by atoms with Crippen LogP contribution in [0.5, 0.6) is 0 Å². The van der Waals surface area contributed by atoms with Crippen LogP contribution >= 0.6 is 0 Å². The molecule has 0 radical (unpaired) electrons. The molecule has 4 nitrogen and oxygen atoms in total. The Morgan fingerprint density at radius 1 is 1.06 bits per heavy atom. The van der Waals surface area contributed by atoms with Gasteiger partial charge >= 0.3 is 0 Å². The van der Waals surface area contributed by atoms with Crippen LogP contribution in [0.25, 0.3) is 0 Å². The molecule has 0 aromatic heterocycles. The topological polar surface area (TPSA) is 98.2 Å². The van der Waals surface area contributed by atoms with E-state index in [1.165, 1.54) is 0 Å². The maximum atomic E-state index is 11.7. The van der Waals surface area contributed by atoms with Crippen LogP contribution < -0.4 is 11.5 Å². The summed E-state index contributed by atoms with van der Waals surface area (Å²) in [5.41, 5.74) is 12.5. The van der Waals surface area contributed by atoms with Crippen molar-refractivity contribution in [1.29, 1.82) is 0 Å². The first kappa shape index (κ1) is 14.8. The monoisotopic (exact) mass is 274 g/mol. The first-order valence-corrected chi connectivity index (χ1v) is 8.28. The molecule has 0 bridgehead atoms. The van der Waals surface area contributed by atoms with Crippen LogP contribution in [0.2, 0.25) is 0 Å². The smallest absolute Gasteiger partial charge is 0.162 e. The fourth-order valence-corrected chi connectivity index (χ4v) is 3.33. The standard InChI is InChI=1S/C11H18N2O2S2/c1-7(12)11(13)10-8(16(2)14)5-4-6-9(10)17(3)15/h4-7,11H,12-13H2,1-3H3. The minimum atomic E-state index is -1.17. The third kappa shape index (κ3) is 3.37. The second-order valence-electron chi connectivity index (χ2n) is 3.96. The van der Waals surface area contributed by atoms with Crippen LogP contribution in [-0.2, 0) is 22.4 Å². The van der Waals surface area contributed by atoms with Gasteiger partial charge in [0.2, 0.25) is 0 Å². The van der Waals surface area contributed by atoms with Crippen molar-refractivity contribution < 1.29 is 9.11 Å². The van der Waals surface area contributed by atoms with E-state index in [2.05, 4.69) is 0 Å². The zero-order valence-corrected chi connectivity index (χ0v) is 11.8. The highest BCUT2D eigenvalue weighted by atomic mass is 32.2. The Hall–Kier alpha value is -0.240. The van der Waals surface area contributed by atoms with Gasteiger partial charge in [0.15, 0.2) is 9.79 Å². The predicted molar refractivity (Wildman–Crippen MR) is 71.7 cm³/mol. The maximum absolute atomic E-state index is 11.7. The Morgan fingerprint density at radius 3 is 1.76 bits per heavy atom. The second-order valence-corrected chi connectivity index (χ2v) is 6.66. The average molecular weight is 274 g/mol. The summed E-state index contributed by atoms with van der Waals surface area (Å²) in [6, 6.07) is 4.47. The highest BCUT2D eigenvalue weighted by Crippen LogP contribution is 2.29. The van der Waals surface area contributed by atoms with Gasteiger partial charge in [-0.25, -0.2) is 0 Å². The van der Waals surface area contributed by atoms with Crippen LogP contribution in [0.1, 0.15) is 18.5 Å². The van der Waals surface area contributed by atoms with Crippen LogP contribution in [0.15, 0.2) is 28.0 Å². The Balaban J connectivity index is 3.38. The summed E-state index contributed by atoms with van der Waals surface area (Å²) in [4.78, 5) is 1.23. The van der Waals surface area contributed by atoms with Gasteiger partial charge in [-0.2, -0.15) is 0 Å². The van der Waals surface area contributed by atoms with E-state index in [0.717, 1.165) is 0 Å². The predicted octanol–water partition coefficient (Wildman–Crippen LogP) is 0.508. The highest BCUT2D eigenvalue weighted by molar-refractivity contribution is 7.91. The maximum Gasteiger partial charge on any atom is 0.162 e. The van der Waals surface area contributed by atoms with Crippen LogP contribution in [0, 0.1) is 0 Å². The SMILES string of the molecule is CC(N)C(N)c1c([S+](C)[O-])cccc1[S+](C)[O-]. The van der Waals surface area contributed by atoms with Gasteiger partial charge in [-0.3, -0.25) is 0 Å². The lowest BCUT2D eigenvalue weighted by Crippen LogP contribution is -2.33. The van der Waals surface area contributed by atoms with Gasteiger partial charge < -0.3 is 20.6 Å². The Morgan fingerprint density at radius 2 is 1.47 bits per heavy atom. The van der Waals surface area contributed by atoms with Crippen molar-refractivity contribution in [3.05, 3.63) is 23.8 Å². The Kier molecular flexibility index (Phi) is 5.30. The minimum Gasteiger partial charge on any atom is -0.612 e. The summed E-state index contributed by atoms with van der Waals surface area (Å²) in [6.07, 6.45) is 3.16. The first-order chi connectivity index (χ1) is 7.86. The van der Waals surface area contributed by atoms with Gasteiger partial charge in [-0.1, -0.05) is 6.07 Å². The van der Waals surface area contributed by atoms with Crippen molar-refractivity contribution in [2.45, 2.75) is 28.8 Å². The molecule has 6 heteroatoms. The Bertz CT molecular complexity index is 357. The lowest BCUT2D eigenvalue weighted by atomic mass is 10.0. The molecule has 4 atom stereocenters. The van der Waals surface area contributed by atoms with E-state index in [9.17, 15) is 9.11 Å². The molecule has 1 rings (SSSR count). The average Bonchev–Trinajstić information content (AvgIpc) is 2.26. The summed E-state index contributed by atoms with van der Waals surface area (Å²) < 4.78 is 23.4. The van der Waals surface area contributed by atoms with E-state index in [1.807, 2.05) is 0 Å². The van der Waals surface area contributed by atoms with Crippen molar-refractivity contribution in [1.82, 2.24) is 0 Å². The number of rotatable bonds is 4. The van der Waals surface area contributed by atoms with Crippen molar-refractivity contribution >= 4 is 22.4 Å². The molecule has 0 saturated carbocycles. The number of benzene rings is 1. The fraction of sp³-hybridized carbons (Fsp3) is 0.455. The van der Waals surface area contributed by atoms with Gasteiger partial charge in [-0.05, 0) is 41.4 Å². The molecular formula is C11H18N2O2S2. The minimum absolute atomic E-state index is 0.290. The van der Waals surface area contributed by atoms with E-state index in [4.69, 9.17) is 11.5 Å². The molecule has 17 heavy (non-hydrogen) atoms. The van der Waals surface area contributed by atoms with Crippen LogP contribution in [-0.4, -0.2) is 27.7 Å². The molecule has 0 aliphatic rings. The lowest BCUT2D eigenvalue weighted by molar-refractivity contribution is 0.555. The first-order valence-electron chi connectivity index (χ1n) is 5.17. The fourth-order valence-electron chi connectivity index (χ4n) is 1.62. The van der Waals surface area contributed by atoms with E-state index in [0.29, 0.717) is 15.4 Å². The van der Waals surface area contributed by atoms with Gasteiger partial charge in [0.1, 0.15) is 12.5 Å². The van der Waals surface area contributed by atoms with Crippen molar-refractivity contribution in [2.24, 2.45) is 11.5 Å². The lowest BCUT2D eigenvalue weighted by Gasteiger charge is -2.21. The van der Waals surface area contributed by atoms with Gasteiger partial charge in [0.05, 0.1) is 11.6 Å². The molecule has 0 amide bonds. The van der Waals surface area contributed by atoms with Crippen LogP contribution in [0.4, 0.5) is 0 Å². The van der Waals surface area contributed by atoms with Crippen molar-refractivity contribution in [3.8, 4) is 0 Å². The molecule has 1 aromatic rings. The summed E-state index contributed by atoms with van der Waals surface area (Å²) in [7, 11) is 0. The van der Waals surface area contributed by atoms with Crippen LogP contribution in [0.3, 0.4) is 0 Å². The quantitative estimate of drug-likeness (QED) is 0.781. The molecule has 0 aliphatic heterocycles. The normalized spacial score (nSPS) is 18.5. The Labute approximate surface area is 108 Å². The van der Waals surface area contributed by atoms with Gasteiger partial charge in [-0.15, -0.1) is 0 Å². The number of hydrogen-bond donors (Lipinski definition) is 2. The molecule has 96 valence electrons. The third-order valence-corrected chi connectivity index (χ3v) is 4.50. The van der Waals surface area contributed by atoms with E-state index >= 15 is 0 Å². The van der Waals surface area contributed by atoms with E-state index in [-0.39, 0.29) is 6.04 Å². The number of nitrogens with two attached hydrogens (primary N) is 2. The molecule has 0 heterocycles. The molecule has 0 spiro atoms. The summed E-state index contributed by atoms with van der Waals surface area (Å²) in [5, 5.41) is 0. The largest absolute Gasteiger partial charge is 0.612 e. The number of hydrogen-bond acceptors (Lipinski definition) is 4. The second kappa shape index (κ2) is 6.08. The molecule has 4 unspecified atom stereocenters. The molecule has 4 N–H and O–H groups in total. The van der Waals surface area contributed by atoms with Crippen molar-refractivity contribution in [3.63, 3.8) is 0 Å². The zero-order valence-electron chi connectivity index (χ0n) is 10.2. The third-order valence-electron chi connectivity index (χ3n) is 2.55.